The number of halogens is 1. The first kappa shape index (κ1) is 21.0. The van der Waals surface area contributed by atoms with Gasteiger partial charge in [-0.1, -0.05) is 0 Å². The first-order valence-electron chi connectivity index (χ1n) is 9.96. The van der Waals surface area contributed by atoms with Gasteiger partial charge in [0.05, 0.1) is 6.54 Å². The molecule has 10 heteroatoms. The molecule has 0 bridgehead atoms. The van der Waals surface area contributed by atoms with E-state index in [0.717, 1.165) is 81.1 Å². The third kappa shape index (κ3) is 4.64. The Kier molecular flexibility index (Phi) is 6.89. The minimum atomic E-state index is 0. The molecule has 0 saturated carbocycles. The van der Waals surface area contributed by atoms with Crippen LogP contribution in [0.1, 0.15) is 43.1 Å². The number of aliphatic imine (C=N–C) groups is 1. The van der Waals surface area contributed by atoms with Crippen LogP contribution in [0.2, 0.25) is 0 Å². The van der Waals surface area contributed by atoms with Crippen LogP contribution in [0.5, 0.6) is 0 Å². The van der Waals surface area contributed by atoms with Crippen molar-refractivity contribution in [1.82, 2.24) is 40.2 Å². The van der Waals surface area contributed by atoms with Gasteiger partial charge >= 0.3 is 0 Å². The van der Waals surface area contributed by atoms with Crippen molar-refractivity contribution in [1.29, 1.82) is 0 Å². The molecule has 0 saturated heterocycles. The van der Waals surface area contributed by atoms with E-state index >= 15 is 0 Å². The van der Waals surface area contributed by atoms with Crippen molar-refractivity contribution in [2.45, 2.75) is 65.6 Å². The van der Waals surface area contributed by atoms with E-state index in [2.05, 4.69) is 42.4 Å². The third-order valence-corrected chi connectivity index (χ3v) is 5.39. The van der Waals surface area contributed by atoms with Crippen molar-refractivity contribution in [2.24, 2.45) is 10.9 Å². The van der Waals surface area contributed by atoms with Crippen molar-refractivity contribution in [3.05, 3.63) is 23.3 Å². The highest BCUT2D eigenvalue weighted by Gasteiger charge is 2.23. The van der Waals surface area contributed by atoms with Crippen molar-refractivity contribution >= 4 is 29.9 Å². The molecule has 28 heavy (non-hydrogen) atoms. The fraction of sp³-hybridized carbons (Fsp3) is 0.722. The molecular formula is C18H30IN9. The Labute approximate surface area is 182 Å². The Hall–Kier alpha value is -1.72. The number of nitrogens with zero attached hydrogens (tertiary/aromatic N) is 7. The topological polar surface area (TPSA) is 97.8 Å². The fourth-order valence-electron chi connectivity index (χ4n) is 3.96. The lowest BCUT2D eigenvalue weighted by atomic mass is 9.99. The van der Waals surface area contributed by atoms with Gasteiger partial charge in [-0.15, -0.1) is 34.2 Å². The van der Waals surface area contributed by atoms with E-state index in [-0.39, 0.29) is 24.0 Å². The molecule has 2 aliphatic heterocycles. The van der Waals surface area contributed by atoms with Crippen LogP contribution in [-0.2, 0) is 25.9 Å². The predicted molar refractivity (Wildman–Crippen MR) is 118 cm³/mol. The van der Waals surface area contributed by atoms with Crippen LogP contribution in [0.4, 0.5) is 0 Å². The van der Waals surface area contributed by atoms with Gasteiger partial charge < -0.3 is 15.2 Å². The highest BCUT2D eigenvalue weighted by Crippen LogP contribution is 2.20. The molecule has 0 amide bonds. The maximum absolute atomic E-state index is 4.87. The SMILES string of the molecule is CCNC(=NCC1CCc2nnc(C)n2C1)NC1CCc2nc(C)nn2C1.I. The first-order valence-corrected chi connectivity index (χ1v) is 9.96. The molecule has 2 atom stereocenters. The zero-order chi connectivity index (χ0) is 18.8. The quantitative estimate of drug-likeness (QED) is 0.373. The van der Waals surface area contributed by atoms with Crippen molar-refractivity contribution < 1.29 is 0 Å². The van der Waals surface area contributed by atoms with Gasteiger partial charge in [0.15, 0.2) is 5.96 Å². The van der Waals surface area contributed by atoms with Crippen LogP contribution in [0.3, 0.4) is 0 Å². The smallest absolute Gasteiger partial charge is 0.191 e. The molecule has 2 aliphatic rings. The summed E-state index contributed by atoms with van der Waals surface area (Å²) >= 11 is 0. The lowest BCUT2D eigenvalue weighted by Crippen LogP contribution is -2.47. The van der Waals surface area contributed by atoms with Gasteiger partial charge in [-0.3, -0.25) is 4.99 Å². The van der Waals surface area contributed by atoms with Crippen molar-refractivity contribution in [3.63, 3.8) is 0 Å². The Bertz CT molecular complexity index is 825. The summed E-state index contributed by atoms with van der Waals surface area (Å²) in [5.41, 5.74) is 0. The zero-order valence-electron chi connectivity index (χ0n) is 16.9. The Morgan fingerprint density at radius 3 is 2.79 bits per heavy atom. The van der Waals surface area contributed by atoms with Crippen LogP contribution >= 0.6 is 24.0 Å². The van der Waals surface area contributed by atoms with E-state index in [1.807, 2.05) is 18.5 Å². The second-order valence-electron chi connectivity index (χ2n) is 7.54. The number of fused-ring (bicyclic) bond motifs is 2. The van der Waals surface area contributed by atoms with Crippen LogP contribution in [0.25, 0.3) is 0 Å². The molecule has 2 aromatic heterocycles. The molecule has 2 aromatic rings. The monoisotopic (exact) mass is 499 g/mol. The molecule has 4 heterocycles. The molecule has 0 fully saturated rings. The van der Waals surface area contributed by atoms with E-state index < -0.39 is 0 Å². The maximum Gasteiger partial charge on any atom is 0.191 e. The van der Waals surface area contributed by atoms with E-state index in [0.29, 0.717) is 12.0 Å². The molecule has 4 rings (SSSR count). The molecule has 0 radical (unpaired) electrons. The Morgan fingerprint density at radius 2 is 1.96 bits per heavy atom. The van der Waals surface area contributed by atoms with Crippen LogP contribution < -0.4 is 10.6 Å². The summed E-state index contributed by atoms with van der Waals surface area (Å²) < 4.78 is 4.26. The molecule has 0 aromatic carbocycles. The van der Waals surface area contributed by atoms with E-state index in [4.69, 9.17) is 4.99 Å². The molecule has 9 nitrogen and oxygen atoms in total. The zero-order valence-corrected chi connectivity index (χ0v) is 19.2. The summed E-state index contributed by atoms with van der Waals surface area (Å²) in [5, 5.41) is 19.9. The number of guanidine groups is 1. The standard InChI is InChI=1S/C18H29N9.HI/c1-4-19-18(22-15-6-8-16-21-12(2)25-27(16)11-15)20-9-14-5-7-17-24-23-13(3)26(17)10-14;/h14-15H,4-11H2,1-3H3,(H2,19,20,22);1H. The summed E-state index contributed by atoms with van der Waals surface area (Å²) in [6.07, 6.45) is 4.11. The van der Waals surface area contributed by atoms with Gasteiger partial charge in [0.1, 0.15) is 23.3 Å². The van der Waals surface area contributed by atoms with Crippen LogP contribution in [0.15, 0.2) is 4.99 Å². The van der Waals surface area contributed by atoms with Gasteiger partial charge in [-0.2, -0.15) is 5.10 Å². The summed E-state index contributed by atoms with van der Waals surface area (Å²) in [5.74, 6) is 5.48. The van der Waals surface area contributed by atoms with E-state index in [1.165, 1.54) is 0 Å². The molecular weight excluding hydrogens is 469 g/mol. The maximum atomic E-state index is 4.87. The van der Waals surface area contributed by atoms with Crippen LogP contribution in [0, 0.1) is 19.8 Å². The summed E-state index contributed by atoms with van der Waals surface area (Å²) in [7, 11) is 0. The minimum absolute atomic E-state index is 0. The van der Waals surface area contributed by atoms with Gasteiger partial charge in [0.25, 0.3) is 0 Å². The molecule has 2 N–H and O–H groups in total. The highest BCUT2D eigenvalue weighted by molar-refractivity contribution is 14.0. The average Bonchev–Trinajstić information content (AvgIpc) is 3.21. The Morgan fingerprint density at radius 1 is 1.14 bits per heavy atom. The van der Waals surface area contributed by atoms with Gasteiger partial charge in [0, 0.05) is 38.5 Å². The average molecular weight is 499 g/mol. The molecule has 2 unspecified atom stereocenters. The van der Waals surface area contributed by atoms with Crippen molar-refractivity contribution in [2.75, 3.05) is 13.1 Å². The first-order chi connectivity index (χ1) is 13.1. The van der Waals surface area contributed by atoms with E-state index in [9.17, 15) is 0 Å². The number of nitrogens with one attached hydrogen (secondary N) is 2. The number of aryl methyl sites for hydroxylation is 4. The lowest BCUT2D eigenvalue weighted by Gasteiger charge is -2.26. The minimum Gasteiger partial charge on any atom is -0.357 e. The Balaban J connectivity index is 0.00000225. The third-order valence-electron chi connectivity index (χ3n) is 5.39. The summed E-state index contributed by atoms with van der Waals surface area (Å²) in [6, 6.07) is 0.328. The van der Waals surface area contributed by atoms with Crippen LogP contribution in [-0.4, -0.2) is 54.6 Å². The normalized spacial score (nSPS) is 21.5. The number of aromatic nitrogens is 6. The largest absolute Gasteiger partial charge is 0.357 e. The van der Waals surface area contributed by atoms with E-state index in [1.54, 1.807) is 0 Å². The van der Waals surface area contributed by atoms with Gasteiger partial charge in [-0.25, -0.2) is 9.67 Å². The van der Waals surface area contributed by atoms with Crippen molar-refractivity contribution in [3.8, 4) is 0 Å². The lowest BCUT2D eigenvalue weighted by molar-refractivity contribution is 0.367. The predicted octanol–water partition coefficient (Wildman–Crippen LogP) is 1.24. The second-order valence-corrected chi connectivity index (χ2v) is 7.54. The summed E-state index contributed by atoms with van der Waals surface area (Å²) in [4.78, 5) is 9.36. The molecule has 0 spiro atoms. The second kappa shape index (κ2) is 9.19. The highest BCUT2D eigenvalue weighted by atomic mass is 127. The molecule has 0 aliphatic carbocycles. The number of hydrogen-bond donors (Lipinski definition) is 2. The van der Waals surface area contributed by atoms with Gasteiger partial charge in [0.2, 0.25) is 0 Å². The van der Waals surface area contributed by atoms with Gasteiger partial charge in [-0.05, 0) is 39.5 Å². The number of rotatable bonds is 4. The summed E-state index contributed by atoms with van der Waals surface area (Å²) in [6.45, 7) is 9.54. The number of hydrogen-bond acceptors (Lipinski definition) is 5. The molecule has 154 valence electrons. The fourth-order valence-corrected chi connectivity index (χ4v) is 3.96.